The van der Waals surface area contributed by atoms with Crippen molar-refractivity contribution < 1.29 is 19.0 Å². The molecule has 1 aromatic carbocycles. The molecule has 1 atom stereocenters. The summed E-state index contributed by atoms with van der Waals surface area (Å²) in [6.07, 6.45) is 2.52. The lowest BCUT2D eigenvalue weighted by Gasteiger charge is -2.24. The first-order valence-corrected chi connectivity index (χ1v) is 9.06. The molecule has 2 aliphatic heterocycles. The van der Waals surface area contributed by atoms with Crippen LogP contribution in [0.25, 0.3) is 0 Å². The zero-order chi connectivity index (χ0) is 17.9. The number of ether oxygens (including phenoxy) is 3. The standard InChI is InChI=1S/C19H23N3O4/c1-2-24-16-12-21(11-15-6-7-20-22(15)13-16)19(23)14-4-5-17-18(10-14)26-9-3-8-25-17/h4-7,10,16H,2-3,8-9,11-13H2,1H3/t16-/m0/s1. The Morgan fingerprint density at radius 1 is 1.23 bits per heavy atom. The molecule has 26 heavy (non-hydrogen) atoms. The maximum absolute atomic E-state index is 13.2. The van der Waals surface area contributed by atoms with E-state index in [1.54, 1.807) is 18.3 Å². The van der Waals surface area contributed by atoms with E-state index in [0.29, 0.717) is 56.5 Å². The Hall–Kier alpha value is -2.54. The number of rotatable bonds is 3. The number of carbonyl (C=O) groups excluding carboxylic acids is 1. The highest BCUT2D eigenvalue weighted by atomic mass is 16.5. The zero-order valence-electron chi connectivity index (χ0n) is 14.9. The molecule has 0 aliphatic carbocycles. The molecule has 0 unspecified atom stereocenters. The van der Waals surface area contributed by atoms with Gasteiger partial charge in [-0.1, -0.05) is 0 Å². The zero-order valence-corrected chi connectivity index (χ0v) is 14.9. The third-order valence-corrected chi connectivity index (χ3v) is 4.64. The van der Waals surface area contributed by atoms with Gasteiger partial charge in [0.15, 0.2) is 11.5 Å². The monoisotopic (exact) mass is 357 g/mol. The second-order valence-corrected chi connectivity index (χ2v) is 6.48. The molecule has 3 heterocycles. The molecule has 1 aromatic heterocycles. The summed E-state index contributed by atoms with van der Waals surface area (Å²) in [5, 5.41) is 4.35. The van der Waals surface area contributed by atoms with Crippen molar-refractivity contribution in [1.29, 1.82) is 0 Å². The van der Waals surface area contributed by atoms with Crippen LogP contribution in [-0.4, -0.2) is 53.1 Å². The largest absolute Gasteiger partial charge is 0.490 e. The van der Waals surface area contributed by atoms with Crippen molar-refractivity contribution in [3.8, 4) is 11.5 Å². The van der Waals surface area contributed by atoms with E-state index in [9.17, 15) is 4.79 Å². The first-order valence-electron chi connectivity index (χ1n) is 9.06. The van der Waals surface area contributed by atoms with Crippen molar-refractivity contribution in [2.75, 3.05) is 26.4 Å². The number of fused-ring (bicyclic) bond motifs is 2. The van der Waals surface area contributed by atoms with Gasteiger partial charge >= 0.3 is 0 Å². The van der Waals surface area contributed by atoms with Gasteiger partial charge in [0.1, 0.15) is 0 Å². The average molecular weight is 357 g/mol. The van der Waals surface area contributed by atoms with Crippen LogP contribution in [0.5, 0.6) is 11.5 Å². The predicted molar refractivity (Wildman–Crippen MR) is 94.4 cm³/mol. The lowest BCUT2D eigenvalue weighted by Crippen LogP contribution is -2.37. The smallest absolute Gasteiger partial charge is 0.254 e. The lowest BCUT2D eigenvalue weighted by molar-refractivity contribution is 0.0245. The van der Waals surface area contributed by atoms with E-state index in [2.05, 4.69) is 5.10 Å². The molecular weight excluding hydrogens is 334 g/mol. The number of aromatic nitrogens is 2. The van der Waals surface area contributed by atoms with Gasteiger partial charge in [-0.3, -0.25) is 9.48 Å². The summed E-state index contributed by atoms with van der Waals surface area (Å²) in [6, 6.07) is 7.34. The van der Waals surface area contributed by atoms with Gasteiger partial charge in [0.25, 0.3) is 5.91 Å². The molecule has 0 radical (unpaired) electrons. The Balaban J connectivity index is 1.59. The second-order valence-electron chi connectivity index (χ2n) is 6.48. The second kappa shape index (κ2) is 7.37. The van der Waals surface area contributed by atoms with E-state index in [1.165, 1.54) is 0 Å². The van der Waals surface area contributed by atoms with Crippen molar-refractivity contribution in [2.24, 2.45) is 0 Å². The van der Waals surface area contributed by atoms with Crippen LogP contribution in [0, 0.1) is 0 Å². The van der Waals surface area contributed by atoms with Crippen molar-refractivity contribution >= 4 is 5.91 Å². The molecule has 0 N–H and O–H groups in total. The SMILES string of the molecule is CCO[C@H]1CN(C(=O)c2ccc3c(c2)OCCCO3)Cc2ccnn2C1. The van der Waals surface area contributed by atoms with E-state index in [4.69, 9.17) is 14.2 Å². The summed E-state index contributed by atoms with van der Waals surface area (Å²) in [5.41, 5.74) is 1.60. The lowest BCUT2D eigenvalue weighted by atomic mass is 10.1. The predicted octanol–water partition coefficient (Wildman–Crippen LogP) is 2.11. The van der Waals surface area contributed by atoms with Crippen molar-refractivity contribution in [3.05, 3.63) is 41.7 Å². The average Bonchev–Trinajstić information content (AvgIpc) is 2.86. The van der Waals surface area contributed by atoms with E-state index in [-0.39, 0.29) is 12.0 Å². The topological polar surface area (TPSA) is 65.8 Å². The number of hydrogen-bond donors (Lipinski definition) is 0. The molecule has 0 bridgehead atoms. The van der Waals surface area contributed by atoms with Crippen molar-refractivity contribution in [1.82, 2.24) is 14.7 Å². The van der Waals surface area contributed by atoms with Gasteiger partial charge in [0.2, 0.25) is 0 Å². The molecule has 4 rings (SSSR count). The summed E-state index contributed by atoms with van der Waals surface area (Å²) in [4.78, 5) is 15.0. The van der Waals surface area contributed by atoms with Gasteiger partial charge in [0.05, 0.1) is 38.1 Å². The van der Waals surface area contributed by atoms with E-state index in [0.717, 1.165) is 12.1 Å². The number of nitrogens with zero attached hydrogens (tertiary/aromatic N) is 3. The fourth-order valence-corrected chi connectivity index (χ4v) is 3.39. The Bertz CT molecular complexity index is 789. The van der Waals surface area contributed by atoms with Gasteiger partial charge in [0, 0.05) is 31.3 Å². The van der Waals surface area contributed by atoms with Crippen LogP contribution in [0.2, 0.25) is 0 Å². The van der Waals surface area contributed by atoms with Gasteiger partial charge < -0.3 is 19.1 Å². The third kappa shape index (κ3) is 3.39. The minimum absolute atomic E-state index is 0.0417. The fraction of sp³-hybridized carbons (Fsp3) is 0.474. The molecule has 0 saturated carbocycles. The Labute approximate surface area is 152 Å². The summed E-state index contributed by atoms with van der Waals surface area (Å²) in [5.74, 6) is 1.29. The first kappa shape index (κ1) is 16.9. The molecule has 2 aromatic rings. The Kier molecular flexibility index (Phi) is 4.79. The van der Waals surface area contributed by atoms with Crippen LogP contribution in [0.15, 0.2) is 30.5 Å². The summed E-state index contributed by atoms with van der Waals surface area (Å²) in [6.45, 7) is 5.49. The van der Waals surface area contributed by atoms with Crippen LogP contribution in [0.3, 0.4) is 0 Å². The van der Waals surface area contributed by atoms with Gasteiger partial charge in [-0.25, -0.2) is 0 Å². The molecule has 0 fully saturated rings. The highest BCUT2D eigenvalue weighted by Gasteiger charge is 2.27. The Morgan fingerprint density at radius 3 is 2.92 bits per heavy atom. The molecule has 0 saturated heterocycles. The summed E-state index contributed by atoms with van der Waals surface area (Å²) in [7, 11) is 0. The summed E-state index contributed by atoms with van der Waals surface area (Å²) >= 11 is 0. The molecule has 0 spiro atoms. The van der Waals surface area contributed by atoms with Crippen LogP contribution in [0.1, 0.15) is 29.4 Å². The molecular formula is C19H23N3O4. The number of hydrogen-bond acceptors (Lipinski definition) is 5. The fourth-order valence-electron chi connectivity index (χ4n) is 3.39. The summed E-state index contributed by atoms with van der Waals surface area (Å²) < 4.78 is 19.1. The van der Waals surface area contributed by atoms with Crippen molar-refractivity contribution in [3.63, 3.8) is 0 Å². The van der Waals surface area contributed by atoms with Gasteiger partial charge in [-0.05, 0) is 31.2 Å². The van der Waals surface area contributed by atoms with E-state index < -0.39 is 0 Å². The first-order chi connectivity index (χ1) is 12.7. The quantitative estimate of drug-likeness (QED) is 0.842. The normalized spacial score (nSPS) is 19.4. The van der Waals surface area contributed by atoms with E-state index in [1.807, 2.05) is 28.6 Å². The molecule has 7 nitrogen and oxygen atoms in total. The van der Waals surface area contributed by atoms with Crippen molar-refractivity contribution in [2.45, 2.75) is 32.5 Å². The van der Waals surface area contributed by atoms with Crippen LogP contribution in [-0.2, 0) is 17.8 Å². The molecule has 138 valence electrons. The maximum Gasteiger partial charge on any atom is 0.254 e. The minimum Gasteiger partial charge on any atom is -0.490 e. The molecule has 2 aliphatic rings. The molecule has 1 amide bonds. The maximum atomic E-state index is 13.2. The highest BCUT2D eigenvalue weighted by Crippen LogP contribution is 2.31. The van der Waals surface area contributed by atoms with Gasteiger partial charge in [-0.15, -0.1) is 0 Å². The van der Waals surface area contributed by atoms with E-state index >= 15 is 0 Å². The van der Waals surface area contributed by atoms with Crippen LogP contribution >= 0.6 is 0 Å². The van der Waals surface area contributed by atoms with Gasteiger partial charge in [-0.2, -0.15) is 5.10 Å². The third-order valence-electron chi connectivity index (χ3n) is 4.64. The number of benzene rings is 1. The number of carbonyl (C=O) groups is 1. The van der Waals surface area contributed by atoms with Crippen LogP contribution < -0.4 is 9.47 Å². The minimum atomic E-state index is -0.0782. The van der Waals surface area contributed by atoms with Crippen LogP contribution in [0.4, 0.5) is 0 Å². The number of amides is 1. The molecule has 7 heteroatoms. The highest BCUT2D eigenvalue weighted by molar-refractivity contribution is 5.95. The Morgan fingerprint density at radius 2 is 2.08 bits per heavy atom.